The zero-order valence-electron chi connectivity index (χ0n) is 16.3. The van der Waals surface area contributed by atoms with Crippen molar-refractivity contribution in [3.05, 3.63) is 54.2 Å². The van der Waals surface area contributed by atoms with E-state index >= 15 is 0 Å². The lowest BCUT2D eigenvalue weighted by Gasteiger charge is -2.40. The van der Waals surface area contributed by atoms with Gasteiger partial charge in [0.25, 0.3) is 5.91 Å². The van der Waals surface area contributed by atoms with E-state index in [1.165, 1.54) is 12.8 Å². The number of carbonyl (C=O) groups is 1. The van der Waals surface area contributed by atoms with E-state index in [1.54, 1.807) is 0 Å². The molecule has 0 aliphatic carbocycles. The van der Waals surface area contributed by atoms with Crippen LogP contribution in [0.25, 0.3) is 22.0 Å². The average Bonchev–Trinajstić information content (AvgIpc) is 3.34. The number of piperidine rings is 1. The van der Waals surface area contributed by atoms with Gasteiger partial charge in [0, 0.05) is 43.0 Å². The predicted molar refractivity (Wildman–Crippen MR) is 111 cm³/mol. The highest BCUT2D eigenvalue weighted by Gasteiger charge is 2.39. The van der Waals surface area contributed by atoms with Crippen molar-refractivity contribution < 1.29 is 4.79 Å². The van der Waals surface area contributed by atoms with E-state index in [2.05, 4.69) is 39.6 Å². The third kappa shape index (κ3) is 3.00. The number of aromatic nitrogens is 2. The van der Waals surface area contributed by atoms with Gasteiger partial charge in [0.1, 0.15) is 0 Å². The first-order valence-corrected chi connectivity index (χ1v) is 10.2. The van der Waals surface area contributed by atoms with Crippen LogP contribution in [-0.2, 0) is 7.05 Å². The fourth-order valence-corrected chi connectivity index (χ4v) is 4.88. The van der Waals surface area contributed by atoms with Crippen LogP contribution in [-0.4, -0.2) is 46.8 Å². The number of carbonyl (C=O) groups excluding carboxylic acids is 1. The molecule has 1 N–H and O–H groups in total. The SMILES string of the molecule is Cn1ncc2cc(-c3cccc(C(=O)N4CCCC5(CCNC5)C4)c3)ccc21. The van der Waals surface area contributed by atoms with E-state index in [9.17, 15) is 4.79 Å². The minimum Gasteiger partial charge on any atom is -0.338 e. The normalized spacial score (nSPS) is 22.2. The van der Waals surface area contributed by atoms with Crippen LogP contribution in [0.15, 0.2) is 48.7 Å². The summed E-state index contributed by atoms with van der Waals surface area (Å²) in [5.74, 6) is 0.162. The highest BCUT2D eigenvalue weighted by Crippen LogP contribution is 2.36. The quantitative estimate of drug-likeness (QED) is 0.747. The van der Waals surface area contributed by atoms with Crippen LogP contribution in [0.2, 0.25) is 0 Å². The minimum atomic E-state index is 0.162. The largest absolute Gasteiger partial charge is 0.338 e. The first kappa shape index (κ1) is 17.4. The molecule has 2 saturated heterocycles. The molecule has 5 rings (SSSR count). The van der Waals surface area contributed by atoms with E-state index in [0.717, 1.165) is 60.2 Å². The van der Waals surface area contributed by atoms with Gasteiger partial charge < -0.3 is 10.2 Å². The van der Waals surface area contributed by atoms with Gasteiger partial charge in [-0.15, -0.1) is 0 Å². The second-order valence-electron chi connectivity index (χ2n) is 8.38. The fourth-order valence-electron chi connectivity index (χ4n) is 4.88. The summed E-state index contributed by atoms with van der Waals surface area (Å²) in [6.07, 6.45) is 5.40. The molecule has 2 fully saturated rings. The summed E-state index contributed by atoms with van der Waals surface area (Å²) >= 11 is 0. The second-order valence-corrected chi connectivity index (χ2v) is 8.38. The monoisotopic (exact) mass is 374 g/mol. The summed E-state index contributed by atoms with van der Waals surface area (Å²) < 4.78 is 1.88. The Morgan fingerprint density at radius 3 is 2.89 bits per heavy atom. The zero-order chi connectivity index (χ0) is 19.1. The molecule has 1 spiro atoms. The van der Waals surface area contributed by atoms with Gasteiger partial charge in [0.05, 0.1) is 11.7 Å². The molecule has 1 atom stereocenters. The first-order valence-electron chi connectivity index (χ1n) is 10.2. The smallest absolute Gasteiger partial charge is 0.253 e. The van der Waals surface area contributed by atoms with Gasteiger partial charge in [-0.2, -0.15) is 5.10 Å². The Morgan fingerprint density at radius 1 is 1.14 bits per heavy atom. The summed E-state index contributed by atoms with van der Waals surface area (Å²) in [4.78, 5) is 15.3. The molecule has 3 heterocycles. The lowest BCUT2D eigenvalue weighted by molar-refractivity contribution is 0.0553. The maximum atomic E-state index is 13.2. The van der Waals surface area contributed by atoms with Crippen molar-refractivity contribution in [2.45, 2.75) is 19.3 Å². The fraction of sp³-hybridized carbons (Fsp3) is 0.391. The molecule has 1 amide bonds. The molecule has 5 heteroatoms. The number of benzene rings is 2. The van der Waals surface area contributed by atoms with Crippen molar-refractivity contribution in [1.82, 2.24) is 20.0 Å². The molecule has 2 aliphatic rings. The number of hydrogen-bond donors (Lipinski definition) is 1. The molecule has 2 aromatic carbocycles. The van der Waals surface area contributed by atoms with Crippen LogP contribution < -0.4 is 5.32 Å². The number of aryl methyl sites for hydroxylation is 1. The summed E-state index contributed by atoms with van der Waals surface area (Å²) in [6.45, 7) is 3.87. The number of nitrogens with one attached hydrogen (secondary N) is 1. The molecule has 0 saturated carbocycles. The first-order chi connectivity index (χ1) is 13.6. The van der Waals surface area contributed by atoms with E-state index in [0.29, 0.717) is 0 Å². The van der Waals surface area contributed by atoms with Gasteiger partial charge in [-0.05, 0) is 61.2 Å². The summed E-state index contributed by atoms with van der Waals surface area (Å²) in [7, 11) is 1.95. The molecule has 144 valence electrons. The van der Waals surface area contributed by atoms with Gasteiger partial charge in [0.15, 0.2) is 0 Å². The van der Waals surface area contributed by atoms with Crippen LogP contribution in [0.5, 0.6) is 0 Å². The lowest BCUT2D eigenvalue weighted by Crippen LogP contribution is -2.47. The number of hydrogen-bond acceptors (Lipinski definition) is 3. The average molecular weight is 374 g/mol. The maximum Gasteiger partial charge on any atom is 0.253 e. The third-order valence-electron chi connectivity index (χ3n) is 6.47. The molecule has 1 unspecified atom stereocenters. The topological polar surface area (TPSA) is 50.2 Å². The van der Waals surface area contributed by atoms with Gasteiger partial charge >= 0.3 is 0 Å². The predicted octanol–water partition coefficient (Wildman–Crippen LogP) is 3.46. The number of nitrogens with zero attached hydrogens (tertiary/aromatic N) is 3. The van der Waals surface area contributed by atoms with Crippen molar-refractivity contribution in [3.8, 4) is 11.1 Å². The van der Waals surface area contributed by atoms with E-state index in [-0.39, 0.29) is 11.3 Å². The molecule has 28 heavy (non-hydrogen) atoms. The number of fused-ring (bicyclic) bond motifs is 1. The molecule has 0 radical (unpaired) electrons. The molecular formula is C23H26N4O. The standard InChI is InChI=1S/C23H26N4O/c1-26-21-7-6-18(13-20(21)14-25-26)17-4-2-5-19(12-17)22(28)27-11-3-8-23(16-27)9-10-24-15-23/h2,4-7,12-14,24H,3,8-11,15-16H2,1H3. The lowest BCUT2D eigenvalue weighted by atomic mass is 9.79. The number of rotatable bonds is 2. The summed E-state index contributed by atoms with van der Waals surface area (Å²) in [5.41, 5.74) is 4.37. The Morgan fingerprint density at radius 2 is 2.04 bits per heavy atom. The number of likely N-dealkylation sites (tertiary alicyclic amines) is 1. The molecule has 3 aromatic rings. The summed E-state index contributed by atoms with van der Waals surface area (Å²) in [5, 5.41) is 8.92. The Labute approximate surface area is 165 Å². The van der Waals surface area contributed by atoms with E-state index in [4.69, 9.17) is 0 Å². The van der Waals surface area contributed by atoms with Crippen LogP contribution in [0.4, 0.5) is 0 Å². The van der Waals surface area contributed by atoms with Crippen LogP contribution in [0.1, 0.15) is 29.6 Å². The van der Waals surface area contributed by atoms with Gasteiger partial charge in [-0.1, -0.05) is 18.2 Å². The van der Waals surface area contributed by atoms with Crippen molar-refractivity contribution >= 4 is 16.8 Å². The Balaban J connectivity index is 1.42. The molecule has 5 nitrogen and oxygen atoms in total. The van der Waals surface area contributed by atoms with Crippen molar-refractivity contribution in [1.29, 1.82) is 0 Å². The van der Waals surface area contributed by atoms with Gasteiger partial charge in [0.2, 0.25) is 0 Å². The minimum absolute atomic E-state index is 0.162. The number of amides is 1. The Kier molecular flexibility index (Phi) is 4.20. The molecule has 0 bridgehead atoms. The van der Waals surface area contributed by atoms with Crippen molar-refractivity contribution in [2.24, 2.45) is 12.5 Å². The summed E-state index contributed by atoms with van der Waals surface area (Å²) in [6, 6.07) is 14.4. The zero-order valence-corrected chi connectivity index (χ0v) is 16.3. The van der Waals surface area contributed by atoms with Crippen molar-refractivity contribution in [3.63, 3.8) is 0 Å². The molecular weight excluding hydrogens is 348 g/mol. The van der Waals surface area contributed by atoms with E-state index < -0.39 is 0 Å². The maximum absolute atomic E-state index is 13.2. The molecule has 1 aromatic heterocycles. The highest BCUT2D eigenvalue weighted by molar-refractivity contribution is 5.96. The van der Waals surface area contributed by atoms with Gasteiger partial charge in [-0.25, -0.2) is 0 Å². The third-order valence-corrected chi connectivity index (χ3v) is 6.47. The van der Waals surface area contributed by atoms with Crippen LogP contribution in [0, 0.1) is 5.41 Å². The van der Waals surface area contributed by atoms with E-state index in [1.807, 2.05) is 36.1 Å². The van der Waals surface area contributed by atoms with Crippen molar-refractivity contribution in [2.75, 3.05) is 26.2 Å². The Hall–Kier alpha value is -2.66. The highest BCUT2D eigenvalue weighted by atomic mass is 16.2. The van der Waals surface area contributed by atoms with Crippen LogP contribution >= 0.6 is 0 Å². The second kappa shape index (κ2) is 6.74. The van der Waals surface area contributed by atoms with Gasteiger partial charge in [-0.3, -0.25) is 9.48 Å². The van der Waals surface area contributed by atoms with Crippen LogP contribution in [0.3, 0.4) is 0 Å². The Bertz CT molecular complexity index is 1030. The molecule has 2 aliphatic heterocycles.